The number of methoxy groups -OCH3 is 1. The van der Waals surface area contributed by atoms with Crippen LogP contribution in [0.3, 0.4) is 0 Å². The summed E-state index contributed by atoms with van der Waals surface area (Å²) in [6.07, 6.45) is 3.15. The van der Waals surface area contributed by atoms with Gasteiger partial charge in [0.05, 0.1) is 12.4 Å². The van der Waals surface area contributed by atoms with Crippen LogP contribution in [0.15, 0.2) is 0 Å². The molecule has 1 fully saturated rings. The molecule has 1 aliphatic carbocycles. The molecule has 1 saturated carbocycles. The average Bonchev–Trinajstić information content (AvgIpc) is 3.04. The topological polar surface area (TPSA) is 58.6 Å². The van der Waals surface area contributed by atoms with E-state index in [2.05, 4.69) is 5.32 Å². The molecule has 0 atom stereocenters. The number of likely N-dealkylation sites (N-methyl/N-ethyl adjacent to an activating group) is 1. The number of rotatable bonds is 9. The minimum Gasteiger partial charge on any atom is -0.383 e. The van der Waals surface area contributed by atoms with Crippen molar-refractivity contribution in [2.75, 3.05) is 39.6 Å². The first-order valence-corrected chi connectivity index (χ1v) is 7.33. The number of nitrogens with one attached hydrogen (secondary N) is 1. The standard InChI is InChI=1S/C10H22N2O3S/c1-12(7-8-15-2)16(13,14)9-3-6-11-10-4-5-10/h10-11H,3-9H2,1-2H3. The molecule has 5 nitrogen and oxygen atoms in total. The van der Waals surface area contributed by atoms with Gasteiger partial charge in [0.25, 0.3) is 0 Å². The fourth-order valence-corrected chi connectivity index (χ4v) is 2.54. The van der Waals surface area contributed by atoms with E-state index in [1.165, 1.54) is 17.1 Å². The molecular formula is C10H22N2O3S. The highest BCUT2D eigenvalue weighted by Crippen LogP contribution is 2.18. The predicted molar refractivity (Wildman–Crippen MR) is 63.9 cm³/mol. The quantitative estimate of drug-likeness (QED) is 0.587. The van der Waals surface area contributed by atoms with Gasteiger partial charge in [-0.3, -0.25) is 0 Å². The lowest BCUT2D eigenvalue weighted by molar-refractivity contribution is 0.185. The lowest BCUT2D eigenvalue weighted by atomic mass is 10.5. The molecule has 0 radical (unpaired) electrons. The Hall–Kier alpha value is -0.170. The Balaban J connectivity index is 2.15. The van der Waals surface area contributed by atoms with Crippen LogP contribution in [0.2, 0.25) is 0 Å². The van der Waals surface area contributed by atoms with Crippen molar-refractivity contribution in [1.29, 1.82) is 0 Å². The van der Waals surface area contributed by atoms with Gasteiger partial charge in [0.1, 0.15) is 0 Å². The first kappa shape index (κ1) is 13.9. The molecule has 0 saturated heterocycles. The van der Waals surface area contributed by atoms with Gasteiger partial charge in [0.15, 0.2) is 0 Å². The van der Waals surface area contributed by atoms with E-state index in [0.29, 0.717) is 25.6 Å². The van der Waals surface area contributed by atoms with Gasteiger partial charge in [-0.15, -0.1) is 0 Å². The molecule has 0 heterocycles. The van der Waals surface area contributed by atoms with Crippen LogP contribution in [0.1, 0.15) is 19.3 Å². The summed E-state index contributed by atoms with van der Waals surface area (Å²) in [7, 11) is 0.0726. The van der Waals surface area contributed by atoms with E-state index in [1.54, 1.807) is 14.2 Å². The largest absolute Gasteiger partial charge is 0.383 e. The van der Waals surface area contributed by atoms with E-state index >= 15 is 0 Å². The van der Waals surface area contributed by atoms with Crippen LogP contribution in [0.5, 0.6) is 0 Å². The predicted octanol–water partition coefficient (Wildman–Crippen LogP) is 0.0365. The van der Waals surface area contributed by atoms with Crippen molar-refractivity contribution in [2.24, 2.45) is 0 Å². The molecular weight excluding hydrogens is 228 g/mol. The van der Waals surface area contributed by atoms with E-state index in [1.807, 2.05) is 0 Å². The first-order valence-electron chi connectivity index (χ1n) is 5.72. The summed E-state index contributed by atoms with van der Waals surface area (Å²) >= 11 is 0. The van der Waals surface area contributed by atoms with Gasteiger partial charge in [0, 0.05) is 26.7 Å². The molecule has 1 N–H and O–H groups in total. The van der Waals surface area contributed by atoms with Gasteiger partial charge in [-0.05, 0) is 25.8 Å². The summed E-state index contributed by atoms with van der Waals surface area (Å²) in [6.45, 7) is 1.66. The third kappa shape index (κ3) is 5.25. The van der Waals surface area contributed by atoms with Crippen LogP contribution in [0.4, 0.5) is 0 Å². The van der Waals surface area contributed by atoms with E-state index in [4.69, 9.17) is 4.74 Å². The second-order valence-corrected chi connectivity index (χ2v) is 6.41. The van der Waals surface area contributed by atoms with Crippen LogP contribution in [-0.2, 0) is 14.8 Å². The van der Waals surface area contributed by atoms with Crippen molar-refractivity contribution >= 4 is 10.0 Å². The molecule has 6 heteroatoms. The van der Waals surface area contributed by atoms with Gasteiger partial charge < -0.3 is 10.1 Å². The zero-order valence-corrected chi connectivity index (χ0v) is 10.9. The fourth-order valence-electron chi connectivity index (χ4n) is 1.36. The van der Waals surface area contributed by atoms with E-state index in [0.717, 1.165) is 6.54 Å². The third-order valence-corrected chi connectivity index (χ3v) is 4.61. The summed E-state index contributed by atoms with van der Waals surface area (Å²) in [4.78, 5) is 0. The van der Waals surface area contributed by atoms with Crippen LogP contribution < -0.4 is 5.32 Å². The maximum absolute atomic E-state index is 11.7. The Bertz CT molecular complexity index is 288. The van der Waals surface area contributed by atoms with Crippen LogP contribution in [0.25, 0.3) is 0 Å². The van der Waals surface area contributed by atoms with Crippen molar-refractivity contribution in [3.8, 4) is 0 Å². The van der Waals surface area contributed by atoms with E-state index in [9.17, 15) is 8.42 Å². The summed E-state index contributed by atoms with van der Waals surface area (Å²) in [5, 5.41) is 3.30. The second kappa shape index (κ2) is 6.54. The molecule has 0 aromatic carbocycles. The smallest absolute Gasteiger partial charge is 0.213 e. The Labute approximate surface area is 98.2 Å². The summed E-state index contributed by atoms with van der Waals surface area (Å²) in [5.41, 5.74) is 0. The van der Waals surface area contributed by atoms with Crippen LogP contribution >= 0.6 is 0 Å². The maximum atomic E-state index is 11.7. The summed E-state index contributed by atoms with van der Waals surface area (Å²) in [5.74, 6) is 0.215. The van der Waals surface area contributed by atoms with E-state index in [-0.39, 0.29) is 5.75 Å². The highest BCUT2D eigenvalue weighted by molar-refractivity contribution is 7.89. The average molecular weight is 250 g/mol. The molecule has 0 spiro atoms. The molecule has 1 rings (SSSR count). The zero-order chi connectivity index (χ0) is 12.0. The van der Waals surface area contributed by atoms with Crippen molar-refractivity contribution < 1.29 is 13.2 Å². The van der Waals surface area contributed by atoms with Crippen molar-refractivity contribution in [3.05, 3.63) is 0 Å². The van der Waals surface area contributed by atoms with Crippen molar-refractivity contribution in [3.63, 3.8) is 0 Å². The fraction of sp³-hybridized carbons (Fsp3) is 1.00. The van der Waals surface area contributed by atoms with Crippen molar-refractivity contribution in [2.45, 2.75) is 25.3 Å². The number of ether oxygens (including phenoxy) is 1. The normalized spacial score (nSPS) is 16.9. The molecule has 0 aliphatic heterocycles. The number of hydrogen-bond donors (Lipinski definition) is 1. The van der Waals surface area contributed by atoms with Gasteiger partial charge in [-0.2, -0.15) is 0 Å². The minimum atomic E-state index is -3.10. The van der Waals surface area contributed by atoms with E-state index < -0.39 is 10.0 Å². The number of hydrogen-bond acceptors (Lipinski definition) is 4. The zero-order valence-electron chi connectivity index (χ0n) is 10.1. The Kier molecular flexibility index (Phi) is 5.68. The molecule has 0 bridgehead atoms. The molecule has 96 valence electrons. The second-order valence-electron chi connectivity index (χ2n) is 4.21. The van der Waals surface area contributed by atoms with Gasteiger partial charge in [-0.25, -0.2) is 12.7 Å². The molecule has 0 aromatic heterocycles. The summed E-state index contributed by atoms with van der Waals surface area (Å²) in [6, 6.07) is 0.647. The minimum absolute atomic E-state index is 0.215. The number of sulfonamides is 1. The van der Waals surface area contributed by atoms with Gasteiger partial charge in [-0.1, -0.05) is 0 Å². The Morgan fingerprint density at radius 2 is 2.12 bits per heavy atom. The van der Waals surface area contributed by atoms with Crippen LogP contribution in [0, 0.1) is 0 Å². The molecule has 16 heavy (non-hydrogen) atoms. The maximum Gasteiger partial charge on any atom is 0.213 e. The molecule has 1 aliphatic rings. The monoisotopic (exact) mass is 250 g/mol. The van der Waals surface area contributed by atoms with Crippen LogP contribution in [-0.4, -0.2) is 58.4 Å². The van der Waals surface area contributed by atoms with Gasteiger partial charge >= 0.3 is 0 Å². The third-order valence-electron chi connectivity index (χ3n) is 2.67. The Morgan fingerprint density at radius 1 is 1.44 bits per heavy atom. The highest BCUT2D eigenvalue weighted by atomic mass is 32.2. The molecule has 0 amide bonds. The summed E-state index contributed by atoms with van der Waals surface area (Å²) < 4.78 is 29.7. The van der Waals surface area contributed by atoms with Crippen molar-refractivity contribution in [1.82, 2.24) is 9.62 Å². The number of nitrogens with zero attached hydrogens (tertiary/aromatic N) is 1. The lowest BCUT2D eigenvalue weighted by Crippen LogP contribution is -2.33. The SMILES string of the molecule is COCCN(C)S(=O)(=O)CCCNC1CC1. The highest BCUT2D eigenvalue weighted by Gasteiger charge is 2.21. The lowest BCUT2D eigenvalue weighted by Gasteiger charge is -2.16. The first-order chi connectivity index (χ1) is 7.56. The Morgan fingerprint density at radius 3 is 2.69 bits per heavy atom. The van der Waals surface area contributed by atoms with Gasteiger partial charge in [0.2, 0.25) is 10.0 Å². The molecule has 0 unspecified atom stereocenters. The molecule has 0 aromatic rings.